The highest BCUT2D eigenvalue weighted by Crippen LogP contribution is 2.46. The summed E-state index contributed by atoms with van der Waals surface area (Å²) in [6, 6.07) is 4.81. The van der Waals surface area contributed by atoms with Gasteiger partial charge in [-0.15, -0.1) is 5.10 Å². The SMILES string of the molecule is CCOC(=O)C[C@H]1CC[C@H](C(=O)N2c3ccc(C(F)(F)F)cc3[C@@H](N(Cc3cc(Cl)cc(C(F)(F)F)c3)c3nnn(C)n3)C[C@H]2C)CC1. The molecule has 0 N–H and O–H groups in total. The Morgan fingerprint density at radius 3 is 2.29 bits per heavy atom. The van der Waals surface area contributed by atoms with Crippen LogP contribution >= 0.6 is 11.6 Å². The van der Waals surface area contributed by atoms with Crippen LogP contribution in [0.2, 0.25) is 5.02 Å². The highest BCUT2D eigenvalue weighted by atomic mass is 35.5. The molecule has 1 saturated carbocycles. The van der Waals surface area contributed by atoms with Crippen LogP contribution in [0.4, 0.5) is 38.0 Å². The maximum Gasteiger partial charge on any atom is 0.416 e. The van der Waals surface area contributed by atoms with Gasteiger partial charge in [0.05, 0.1) is 30.8 Å². The van der Waals surface area contributed by atoms with Crippen molar-refractivity contribution in [3.63, 3.8) is 0 Å². The normalized spacial score (nSPS) is 21.5. The quantitative estimate of drug-likeness (QED) is 0.177. The molecule has 3 aromatic rings. The second-order valence-corrected chi connectivity index (χ2v) is 12.8. The topological polar surface area (TPSA) is 93.5 Å². The van der Waals surface area contributed by atoms with E-state index in [4.69, 9.17) is 16.3 Å². The van der Waals surface area contributed by atoms with E-state index >= 15 is 0 Å². The average molecular weight is 701 g/mol. The zero-order valence-corrected chi connectivity index (χ0v) is 27.2. The van der Waals surface area contributed by atoms with Gasteiger partial charge >= 0.3 is 18.3 Å². The number of ether oxygens (including phenoxy) is 1. The first kappa shape index (κ1) is 35.4. The van der Waals surface area contributed by atoms with Crippen molar-refractivity contribution in [2.75, 3.05) is 16.4 Å². The van der Waals surface area contributed by atoms with Crippen molar-refractivity contribution in [2.24, 2.45) is 18.9 Å². The maximum absolute atomic E-state index is 14.1. The molecule has 9 nitrogen and oxygen atoms in total. The predicted molar refractivity (Wildman–Crippen MR) is 164 cm³/mol. The third-order valence-corrected chi connectivity index (χ3v) is 9.16. The van der Waals surface area contributed by atoms with Crippen LogP contribution in [-0.2, 0) is 40.3 Å². The molecule has 0 radical (unpaired) electrons. The van der Waals surface area contributed by atoms with Crippen LogP contribution in [0.3, 0.4) is 0 Å². The number of benzene rings is 2. The number of halogens is 7. The molecule has 2 aromatic carbocycles. The van der Waals surface area contributed by atoms with E-state index in [1.807, 2.05) is 0 Å². The molecule has 2 aliphatic rings. The summed E-state index contributed by atoms with van der Waals surface area (Å²) in [6.45, 7) is 3.55. The van der Waals surface area contributed by atoms with E-state index in [2.05, 4.69) is 15.4 Å². The zero-order valence-electron chi connectivity index (χ0n) is 26.5. The van der Waals surface area contributed by atoms with Crippen LogP contribution in [0.5, 0.6) is 0 Å². The number of aromatic nitrogens is 4. The van der Waals surface area contributed by atoms with Crippen molar-refractivity contribution in [3.8, 4) is 0 Å². The van der Waals surface area contributed by atoms with E-state index < -0.39 is 41.5 Å². The molecule has 48 heavy (non-hydrogen) atoms. The van der Waals surface area contributed by atoms with Crippen LogP contribution in [0.15, 0.2) is 36.4 Å². The number of amides is 1. The summed E-state index contributed by atoms with van der Waals surface area (Å²) >= 11 is 6.07. The third kappa shape index (κ3) is 7.87. The third-order valence-electron chi connectivity index (χ3n) is 8.94. The number of rotatable bonds is 8. The van der Waals surface area contributed by atoms with E-state index in [1.54, 1.807) is 13.8 Å². The van der Waals surface area contributed by atoms with Gasteiger partial charge in [0.25, 0.3) is 5.95 Å². The lowest BCUT2D eigenvalue weighted by molar-refractivity contribution is -0.144. The Morgan fingerprint density at radius 1 is 1.00 bits per heavy atom. The number of alkyl halides is 6. The van der Waals surface area contributed by atoms with Gasteiger partial charge in [0, 0.05) is 35.6 Å². The van der Waals surface area contributed by atoms with E-state index in [9.17, 15) is 35.9 Å². The number of fused-ring (bicyclic) bond motifs is 1. The number of anilines is 2. The lowest BCUT2D eigenvalue weighted by atomic mass is 9.79. The maximum atomic E-state index is 14.1. The molecule has 2 atom stereocenters. The first-order valence-electron chi connectivity index (χ1n) is 15.6. The Balaban J connectivity index is 1.52. The van der Waals surface area contributed by atoms with Gasteiger partial charge in [-0.3, -0.25) is 9.59 Å². The monoisotopic (exact) mass is 700 g/mol. The van der Waals surface area contributed by atoms with Crippen LogP contribution in [0.1, 0.15) is 80.7 Å². The molecular weight excluding hydrogens is 666 g/mol. The Bertz CT molecular complexity index is 1640. The number of esters is 1. The molecule has 2 heterocycles. The fourth-order valence-corrected chi connectivity index (χ4v) is 6.98. The summed E-state index contributed by atoms with van der Waals surface area (Å²) in [5.41, 5.74) is -1.38. The average Bonchev–Trinajstić information content (AvgIpc) is 3.44. The van der Waals surface area contributed by atoms with Gasteiger partial charge in [-0.25, -0.2) is 0 Å². The van der Waals surface area contributed by atoms with Gasteiger partial charge in [0.2, 0.25) is 5.91 Å². The van der Waals surface area contributed by atoms with Crippen LogP contribution in [0, 0.1) is 11.8 Å². The summed E-state index contributed by atoms with van der Waals surface area (Å²) < 4.78 is 88.3. The van der Waals surface area contributed by atoms with Crippen LogP contribution in [0.25, 0.3) is 0 Å². The number of nitrogens with zero attached hydrogens (tertiary/aromatic N) is 6. The summed E-state index contributed by atoms with van der Waals surface area (Å²) in [5, 5.41) is 12.0. The number of carbonyl (C=O) groups is 2. The second kappa shape index (κ2) is 13.9. The van der Waals surface area contributed by atoms with Crippen molar-refractivity contribution in [1.29, 1.82) is 0 Å². The van der Waals surface area contributed by atoms with Gasteiger partial charge in [-0.1, -0.05) is 16.7 Å². The Morgan fingerprint density at radius 2 is 1.69 bits per heavy atom. The Kier molecular flexibility index (Phi) is 10.3. The highest BCUT2D eigenvalue weighted by molar-refractivity contribution is 6.30. The minimum atomic E-state index is -4.71. The molecular formula is C32H35ClF6N6O3. The van der Waals surface area contributed by atoms with Gasteiger partial charge in [-0.05, 0) is 105 Å². The number of hydrogen-bond donors (Lipinski definition) is 0. The molecule has 1 amide bonds. The van der Waals surface area contributed by atoms with Gasteiger partial charge < -0.3 is 14.5 Å². The van der Waals surface area contributed by atoms with E-state index in [1.165, 1.54) is 29.0 Å². The van der Waals surface area contributed by atoms with Crippen molar-refractivity contribution in [3.05, 3.63) is 63.7 Å². The minimum Gasteiger partial charge on any atom is -0.466 e. The number of tetrazole rings is 1. The second-order valence-electron chi connectivity index (χ2n) is 12.4. The number of hydrogen-bond acceptors (Lipinski definition) is 7. The van der Waals surface area contributed by atoms with Crippen LogP contribution < -0.4 is 9.80 Å². The molecule has 0 saturated heterocycles. The highest BCUT2D eigenvalue weighted by Gasteiger charge is 2.42. The van der Waals surface area contributed by atoms with Gasteiger partial charge in [0.15, 0.2) is 0 Å². The van der Waals surface area contributed by atoms with Crippen molar-refractivity contribution >= 4 is 35.1 Å². The van der Waals surface area contributed by atoms with Crippen molar-refractivity contribution < 1.29 is 40.7 Å². The largest absolute Gasteiger partial charge is 0.466 e. The molecule has 0 bridgehead atoms. The zero-order chi connectivity index (χ0) is 35.0. The molecule has 1 aliphatic heterocycles. The number of aryl methyl sites for hydroxylation is 1. The van der Waals surface area contributed by atoms with E-state index in [0.29, 0.717) is 25.7 Å². The fourth-order valence-electron chi connectivity index (χ4n) is 6.72. The summed E-state index contributed by atoms with van der Waals surface area (Å²) in [4.78, 5) is 30.2. The Labute approximate surface area is 278 Å². The van der Waals surface area contributed by atoms with Gasteiger partial charge in [0.1, 0.15) is 0 Å². The minimum absolute atomic E-state index is 0.0219. The first-order valence-corrected chi connectivity index (χ1v) is 16.0. The van der Waals surface area contributed by atoms with E-state index in [0.717, 1.165) is 29.1 Å². The predicted octanol–water partition coefficient (Wildman–Crippen LogP) is 7.53. The summed E-state index contributed by atoms with van der Waals surface area (Å²) in [6.07, 6.45) is -6.74. The summed E-state index contributed by atoms with van der Waals surface area (Å²) in [5.74, 6) is -0.860. The molecule has 1 aromatic heterocycles. The molecule has 1 fully saturated rings. The fraction of sp³-hybridized carbons (Fsp3) is 0.531. The number of carbonyl (C=O) groups excluding carboxylic acids is 2. The van der Waals surface area contributed by atoms with Crippen molar-refractivity contribution in [1.82, 2.24) is 20.2 Å². The molecule has 0 spiro atoms. The smallest absolute Gasteiger partial charge is 0.416 e. The summed E-state index contributed by atoms with van der Waals surface area (Å²) in [7, 11) is 1.48. The molecule has 0 unspecified atom stereocenters. The van der Waals surface area contributed by atoms with Crippen molar-refractivity contribution in [2.45, 2.75) is 83.4 Å². The lowest BCUT2D eigenvalue weighted by Crippen LogP contribution is -2.49. The van der Waals surface area contributed by atoms with Crippen LogP contribution in [-0.4, -0.2) is 44.7 Å². The lowest BCUT2D eigenvalue weighted by Gasteiger charge is -2.45. The molecule has 16 heteroatoms. The standard InChI is InChI=1S/C32H35ClF6N6O3/c1-4-48-28(46)14-19-5-7-21(8-6-19)29(47)45-18(2)11-27(25-16-22(31(34,35)36)9-10-26(25)45)44(30-40-42-43(3)41-30)17-20-12-23(32(37,38)39)15-24(33)13-20/h9-10,12-13,15-16,18-19,21,27H,4-8,11,14,17H2,1-3H3/t18-,19-,21-,27+/m1/s1. The molecule has 1 aliphatic carbocycles. The van der Waals surface area contributed by atoms with Gasteiger partial charge in [-0.2, -0.15) is 31.1 Å². The first-order chi connectivity index (χ1) is 22.5. The van der Waals surface area contributed by atoms with E-state index in [-0.39, 0.29) is 71.6 Å². The molecule has 260 valence electrons. The molecule has 5 rings (SSSR count). The Hall–Kier alpha value is -3.88.